The van der Waals surface area contributed by atoms with Gasteiger partial charge in [-0.3, -0.25) is 24.2 Å². The highest BCUT2D eigenvalue weighted by Gasteiger charge is 2.39. The van der Waals surface area contributed by atoms with Gasteiger partial charge in [-0.05, 0) is 31.6 Å². The van der Waals surface area contributed by atoms with E-state index in [4.69, 9.17) is 22.9 Å². The van der Waals surface area contributed by atoms with Crippen molar-refractivity contribution in [3.8, 4) is 0 Å². The van der Waals surface area contributed by atoms with Gasteiger partial charge in [-0.1, -0.05) is 20.3 Å². The molecule has 1 heterocycles. The molecule has 14 nitrogen and oxygen atoms in total. The van der Waals surface area contributed by atoms with Gasteiger partial charge in [0.1, 0.15) is 18.1 Å². The zero-order valence-electron chi connectivity index (χ0n) is 20.2. The van der Waals surface area contributed by atoms with Crippen molar-refractivity contribution in [2.45, 2.75) is 76.5 Å². The standard InChI is InChI=1S/C21H38N8O6/c1-3-11(2)16(23)18(32)28-13(10-15(22)30)19(33)29-9-5-7-14(29)17(31)27-12(20(34)35)6-4-8-26-21(24)25/h11-14,16H,3-10,23H2,1-2H3,(H2,22,30)(H,27,31)(H,28,32)(H,34,35)(H4,24,25,26). The maximum Gasteiger partial charge on any atom is 0.326 e. The Morgan fingerprint density at radius 1 is 1.11 bits per heavy atom. The fraction of sp³-hybridized carbons (Fsp3) is 0.714. The topological polar surface area (TPSA) is 249 Å². The van der Waals surface area contributed by atoms with Crippen molar-refractivity contribution >= 4 is 35.6 Å². The molecule has 1 aliphatic rings. The lowest BCUT2D eigenvalue weighted by atomic mass is 9.98. The van der Waals surface area contributed by atoms with Crippen LogP contribution in [0.15, 0.2) is 4.99 Å². The number of aliphatic imine (C=N–C) groups is 1. The van der Waals surface area contributed by atoms with E-state index in [0.717, 1.165) is 0 Å². The molecule has 1 rings (SSSR count). The number of nitrogens with two attached hydrogens (primary N) is 4. The third-order valence-corrected chi connectivity index (χ3v) is 5.98. The number of primary amides is 1. The van der Waals surface area contributed by atoms with Gasteiger partial charge in [0.05, 0.1) is 12.5 Å². The summed E-state index contributed by atoms with van der Waals surface area (Å²) < 4.78 is 0. The van der Waals surface area contributed by atoms with E-state index in [2.05, 4.69) is 15.6 Å². The van der Waals surface area contributed by atoms with E-state index in [-0.39, 0.29) is 31.4 Å². The molecular formula is C21H38N8O6. The first kappa shape index (κ1) is 29.6. The average molecular weight is 499 g/mol. The number of hydrogen-bond acceptors (Lipinski definition) is 7. The quantitative estimate of drug-likeness (QED) is 0.0748. The van der Waals surface area contributed by atoms with Gasteiger partial charge in [0.15, 0.2) is 5.96 Å². The molecule has 0 saturated carbocycles. The van der Waals surface area contributed by atoms with Crippen LogP contribution in [0.5, 0.6) is 0 Å². The number of amides is 4. The maximum atomic E-state index is 13.2. The summed E-state index contributed by atoms with van der Waals surface area (Å²) in [4.78, 5) is 66.8. The van der Waals surface area contributed by atoms with Crippen molar-refractivity contribution in [1.29, 1.82) is 0 Å². The van der Waals surface area contributed by atoms with Crippen LogP contribution >= 0.6 is 0 Å². The number of carbonyl (C=O) groups excluding carboxylic acids is 4. The largest absolute Gasteiger partial charge is 0.480 e. The average Bonchev–Trinajstić information content (AvgIpc) is 3.28. The van der Waals surface area contributed by atoms with Crippen molar-refractivity contribution in [3.63, 3.8) is 0 Å². The van der Waals surface area contributed by atoms with E-state index in [1.165, 1.54) is 4.90 Å². The van der Waals surface area contributed by atoms with Crippen LogP contribution in [0.3, 0.4) is 0 Å². The predicted octanol–water partition coefficient (Wildman–Crippen LogP) is -2.67. The SMILES string of the molecule is CCC(C)C(N)C(=O)NC(CC(N)=O)C(=O)N1CCCC1C(=O)NC(CCCN=C(N)N)C(=O)O. The van der Waals surface area contributed by atoms with Gasteiger partial charge in [0.25, 0.3) is 0 Å². The third-order valence-electron chi connectivity index (χ3n) is 5.98. The van der Waals surface area contributed by atoms with Gasteiger partial charge in [0, 0.05) is 13.1 Å². The molecule has 0 radical (unpaired) electrons. The lowest BCUT2D eigenvalue weighted by molar-refractivity contribution is -0.145. The summed E-state index contributed by atoms with van der Waals surface area (Å²) in [7, 11) is 0. The Balaban J connectivity index is 2.92. The molecule has 0 aromatic carbocycles. The van der Waals surface area contributed by atoms with Crippen LogP contribution < -0.4 is 33.6 Å². The fourth-order valence-corrected chi connectivity index (χ4v) is 3.71. The Morgan fingerprint density at radius 3 is 2.31 bits per heavy atom. The Bertz CT molecular complexity index is 816. The molecule has 0 bridgehead atoms. The Kier molecular flexibility index (Phi) is 11.9. The predicted molar refractivity (Wildman–Crippen MR) is 127 cm³/mol. The Hall–Kier alpha value is -3.42. The summed E-state index contributed by atoms with van der Waals surface area (Å²) in [5, 5.41) is 14.4. The molecule has 0 aromatic rings. The molecule has 1 saturated heterocycles. The van der Waals surface area contributed by atoms with E-state index < -0.39 is 60.2 Å². The van der Waals surface area contributed by atoms with Crippen LogP contribution in [0, 0.1) is 5.92 Å². The van der Waals surface area contributed by atoms with Gasteiger partial charge in [-0.25, -0.2) is 4.79 Å². The molecule has 0 aliphatic carbocycles. The number of aliphatic carboxylic acids is 1. The number of carboxylic acids is 1. The number of nitrogens with zero attached hydrogens (tertiary/aromatic N) is 2. The fourth-order valence-electron chi connectivity index (χ4n) is 3.71. The molecule has 11 N–H and O–H groups in total. The lowest BCUT2D eigenvalue weighted by Gasteiger charge is -2.30. The van der Waals surface area contributed by atoms with Crippen LogP contribution in [-0.4, -0.2) is 82.8 Å². The first-order valence-electron chi connectivity index (χ1n) is 11.6. The Labute approximate surface area is 204 Å². The first-order valence-corrected chi connectivity index (χ1v) is 11.6. The summed E-state index contributed by atoms with van der Waals surface area (Å²) in [6.45, 7) is 4.04. The third kappa shape index (κ3) is 9.39. The van der Waals surface area contributed by atoms with Crippen molar-refractivity contribution in [2.24, 2.45) is 33.8 Å². The molecule has 198 valence electrons. The van der Waals surface area contributed by atoms with Crippen molar-refractivity contribution in [1.82, 2.24) is 15.5 Å². The molecule has 1 aliphatic heterocycles. The number of likely N-dealkylation sites (tertiary alicyclic amines) is 1. The second kappa shape index (κ2) is 14.1. The normalized spacial score (nSPS) is 18.6. The van der Waals surface area contributed by atoms with Crippen molar-refractivity contribution in [2.75, 3.05) is 13.1 Å². The summed E-state index contributed by atoms with van der Waals surface area (Å²) in [6.07, 6.45) is 1.33. The minimum atomic E-state index is -1.29. The van der Waals surface area contributed by atoms with Crippen LogP contribution in [0.4, 0.5) is 0 Å². The number of rotatable bonds is 14. The van der Waals surface area contributed by atoms with Crippen molar-refractivity contribution < 1.29 is 29.1 Å². The summed E-state index contributed by atoms with van der Waals surface area (Å²) in [5.41, 5.74) is 21.7. The van der Waals surface area contributed by atoms with Gasteiger partial charge in [0.2, 0.25) is 23.6 Å². The van der Waals surface area contributed by atoms with Crippen LogP contribution in [0.1, 0.15) is 52.4 Å². The van der Waals surface area contributed by atoms with E-state index in [0.29, 0.717) is 25.7 Å². The maximum absolute atomic E-state index is 13.2. The molecular weight excluding hydrogens is 460 g/mol. The molecule has 35 heavy (non-hydrogen) atoms. The molecule has 5 unspecified atom stereocenters. The highest BCUT2D eigenvalue weighted by Crippen LogP contribution is 2.20. The summed E-state index contributed by atoms with van der Waals surface area (Å²) in [5.74, 6) is -4.25. The number of carbonyl (C=O) groups is 5. The minimum absolute atomic E-state index is 0.0758. The van der Waals surface area contributed by atoms with Crippen molar-refractivity contribution in [3.05, 3.63) is 0 Å². The van der Waals surface area contributed by atoms with E-state index >= 15 is 0 Å². The lowest BCUT2D eigenvalue weighted by Crippen LogP contribution is -2.58. The summed E-state index contributed by atoms with van der Waals surface area (Å²) in [6, 6.07) is -4.35. The van der Waals surface area contributed by atoms with Gasteiger partial charge in [-0.2, -0.15) is 0 Å². The zero-order chi connectivity index (χ0) is 26.7. The van der Waals surface area contributed by atoms with E-state index in [9.17, 15) is 29.1 Å². The number of guanidine groups is 1. The number of hydrogen-bond donors (Lipinski definition) is 7. The Morgan fingerprint density at radius 2 is 1.77 bits per heavy atom. The van der Waals surface area contributed by atoms with Gasteiger partial charge >= 0.3 is 5.97 Å². The first-order chi connectivity index (χ1) is 16.4. The highest BCUT2D eigenvalue weighted by molar-refractivity contribution is 5.96. The van der Waals surface area contributed by atoms with E-state index in [1.54, 1.807) is 6.92 Å². The minimum Gasteiger partial charge on any atom is -0.480 e. The second-order valence-electron chi connectivity index (χ2n) is 8.68. The van der Waals surface area contributed by atoms with Crippen LogP contribution in [0.2, 0.25) is 0 Å². The monoisotopic (exact) mass is 498 g/mol. The molecule has 5 atom stereocenters. The van der Waals surface area contributed by atoms with Gasteiger partial charge in [-0.15, -0.1) is 0 Å². The molecule has 14 heteroatoms. The molecule has 1 fully saturated rings. The molecule has 0 spiro atoms. The van der Waals surface area contributed by atoms with Crippen LogP contribution in [-0.2, 0) is 24.0 Å². The summed E-state index contributed by atoms with van der Waals surface area (Å²) >= 11 is 0. The smallest absolute Gasteiger partial charge is 0.326 e. The zero-order valence-corrected chi connectivity index (χ0v) is 20.2. The number of carboxylic acid groups (broad SMARTS) is 1. The van der Waals surface area contributed by atoms with Gasteiger partial charge < -0.3 is 43.6 Å². The van der Waals surface area contributed by atoms with Crippen LogP contribution in [0.25, 0.3) is 0 Å². The highest BCUT2D eigenvalue weighted by atomic mass is 16.4. The number of nitrogens with one attached hydrogen (secondary N) is 2. The molecule has 0 aromatic heterocycles. The second-order valence-corrected chi connectivity index (χ2v) is 8.68. The molecule has 4 amide bonds. The van der Waals surface area contributed by atoms with E-state index in [1.807, 2.05) is 6.92 Å².